The van der Waals surface area contributed by atoms with E-state index in [-0.39, 0.29) is 17.6 Å². The summed E-state index contributed by atoms with van der Waals surface area (Å²) in [5, 5.41) is 18.5. The molecule has 0 spiro atoms. The summed E-state index contributed by atoms with van der Waals surface area (Å²) in [5.41, 5.74) is 2.20. The van der Waals surface area contributed by atoms with Crippen LogP contribution in [0.4, 0.5) is 0 Å². The molecule has 2 atom stereocenters. The van der Waals surface area contributed by atoms with Crippen LogP contribution in [0.25, 0.3) is 0 Å². The first-order valence-corrected chi connectivity index (χ1v) is 5.64. The molecule has 0 bridgehead atoms. The second-order valence-electron chi connectivity index (χ2n) is 4.51. The summed E-state index contributed by atoms with van der Waals surface area (Å²) in [6.45, 7) is 1.74. The highest BCUT2D eigenvalue weighted by Crippen LogP contribution is 2.38. The lowest BCUT2D eigenvalue weighted by molar-refractivity contribution is -0.142. The highest BCUT2D eigenvalue weighted by molar-refractivity contribution is 5.71. The topological polar surface area (TPSA) is 57.5 Å². The van der Waals surface area contributed by atoms with Crippen molar-refractivity contribution in [1.29, 1.82) is 0 Å². The van der Waals surface area contributed by atoms with E-state index in [1.807, 2.05) is 6.07 Å². The van der Waals surface area contributed by atoms with Crippen molar-refractivity contribution in [2.24, 2.45) is 5.92 Å². The number of fused-ring (bicyclic) bond motifs is 1. The van der Waals surface area contributed by atoms with Gasteiger partial charge in [-0.05, 0) is 48.4 Å². The van der Waals surface area contributed by atoms with E-state index >= 15 is 0 Å². The molecule has 3 nitrogen and oxygen atoms in total. The van der Waals surface area contributed by atoms with Crippen molar-refractivity contribution < 1.29 is 15.0 Å². The number of hydrogen-bond donors (Lipinski definition) is 2. The standard InChI is InChI=1S/C13H16O3/c1-8(13(15)16)11-4-2-3-9-5-6-10(14)7-12(9)11/h5-8,11,14H,2-4H2,1H3,(H,15,16). The van der Waals surface area contributed by atoms with Gasteiger partial charge in [-0.15, -0.1) is 0 Å². The normalized spacial score (nSPS) is 21.2. The van der Waals surface area contributed by atoms with Crippen LogP contribution in [0, 0.1) is 5.92 Å². The van der Waals surface area contributed by atoms with Crippen molar-refractivity contribution in [2.45, 2.75) is 32.1 Å². The molecule has 0 heterocycles. The van der Waals surface area contributed by atoms with E-state index in [1.54, 1.807) is 19.1 Å². The van der Waals surface area contributed by atoms with Crippen molar-refractivity contribution >= 4 is 5.97 Å². The molecule has 0 aromatic heterocycles. The zero-order chi connectivity index (χ0) is 11.7. The summed E-state index contributed by atoms with van der Waals surface area (Å²) in [4.78, 5) is 11.0. The Morgan fingerprint density at radius 1 is 1.50 bits per heavy atom. The van der Waals surface area contributed by atoms with Crippen LogP contribution < -0.4 is 0 Å². The first-order valence-electron chi connectivity index (χ1n) is 5.64. The number of carboxylic acids is 1. The smallest absolute Gasteiger partial charge is 0.306 e. The summed E-state index contributed by atoms with van der Waals surface area (Å²) in [6, 6.07) is 5.30. The van der Waals surface area contributed by atoms with Crippen molar-refractivity contribution in [3.8, 4) is 5.75 Å². The Balaban J connectivity index is 2.38. The lowest BCUT2D eigenvalue weighted by Gasteiger charge is -2.28. The fourth-order valence-electron chi connectivity index (χ4n) is 2.51. The van der Waals surface area contributed by atoms with E-state index in [0.29, 0.717) is 0 Å². The van der Waals surface area contributed by atoms with Crippen molar-refractivity contribution in [3.05, 3.63) is 29.3 Å². The lowest BCUT2D eigenvalue weighted by atomic mass is 9.76. The predicted octanol–water partition coefficient (Wildman–Crippen LogP) is 2.53. The molecule has 3 heteroatoms. The van der Waals surface area contributed by atoms with E-state index in [2.05, 4.69) is 0 Å². The molecule has 16 heavy (non-hydrogen) atoms. The molecule has 0 amide bonds. The number of aromatic hydroxyl groups is 1. The minimum atomic E-state index is -0.763. The molecular formula is C13H16O3. The Kier molecular flexibility index (Phi) is 2.86. The molecule has 86 valence electrons. The van der Waals surface area contributed by atoms with Crippen LogP contribution in [0.2, 0.25) is 0 Å². The van der Waals surface area contributed by atoms with Crippen molar-refractivity contribution in [2.75, 3.05) is 0 Å². The van der Waals surface area contributed by atoms with Crippen molar-refractivity contribution in [3.63, 3.8) is 0 Å². The molecule has 1 aliphatic rings. The zero-order valence-corrected chi connectivity index (χ0v) is 9.31. The molecule has 2 N–H and O–H groups in total. The Morgan fingerprint density at radius 2 is 2.25 bits per heavy atom. The van der Waals surface area contributed by atoms with Crippen LogP contribution in [0.15, 0.2) is 18.2 Å². The number of aliphatic carboxylic acids is 1. The second-order valence-corrected chi connectivity index (χ2v) is 4.51. The Labute approximate surface area is 94.7 Å². The molecule has 0 saturated carbocycles. The van der Waals surface area contributed by atoms with Crippen LogP contribution in [0.5, 0.6) is 5.75 Å². The minimum Gasteiger partial charge on any atom is -0.508 e. The van der Waals surface area contributed by atoms with Gasteiger partial charge in [0.25, 0.3) is 0 Å². The Hall–Kier alpha value is -1.51. The largest absolute Gasteiger partial charge is 0.508 e. The van der Waals surface area contributed by atoms with Crippen LogP contribution in [0.1, 0.15) is 36.8 Å². The molecule has 0 radical (unpaired) electrons. The van der Waals surface area contributed by atoms with Gasteiger partial charge in [-0.25, -0.2) is 0 Å². The molecule has 0 fully saturated rings. The number of carbonyl (C=O) groups is 1. The first kappa shape index (κ1) is 11.0. The third-order valence-corrected chi connectivity index (χ3v) is 3.48. The first-order chi connectivity index (χ1) is 7.59. The molecule has 1 aromatic rings. The minimum absolute atomic E-state index is 0.0355. The molecule has 1 aliphatic carbocycles. The molecule has 2 rings (SSSR count). The number of rotatable bonds is 2. The van der Waals surface area contributed by atoms with Gasteiger partial charge in [-0.1, -0.05) is 13.0 Å². The molecule has 1 aromatic carbocycles. The van der Waals surface area contributed by atoms with Gasteiger partial charge < -0.3 is 10.2 Å². The van der Waals surface area contributed by atoms with Crippen LogP contribution >= 0.6 is 0 Å². The van der Waals surface area contributed by atoms with Crippen LogP contribution in [-0.4, -0.2) is 16.2 Å². The van der Waals surface area contributed by atoms with Gasteiger partial charge in [0.05, 0.1) is 5.92 Å². The Morgan fingerprint density at radius 3 is 2.94 bits per heavy atom. The number of phenols is 1. The van der Waals surface area contributed by atoms with Crippen molar-refractivity contribution in [1.82, 2.24) is 0 Å². The van der Waals surface area contributed by atoms with Gasteiger partial charge in [-0.3, -0.25) is 4.79 Å². The third-order valence-electron chi connectivity index (χ3n) is 3.48. The fourth-order valence-corrected chi connectivity index (χ4v) is 2.51. The summed E-state index contributed by atoms with van der Waals surface area (Å²) >= 11 is 0. The highest BCUT2D eigenvalue weighted by Gasteiger charge is 2.29. The maximum Gasteiger partial charge on any atom is 0.306 e. The average molecular weight is 220 g/mol. The number of aryl methyl sites for hydroxylation is 1. The number of phenolic OH excluding ortho intramolecular Hbond substituents is 1. The summed E-state index contributed by atoms with van der Waals surface area (Å²) in [6.07, 6.45) is 2.91. The quantitative estimate of drug-likeness (QED) is 0.805. The summed E-state index contributed by atoms with van der Waals surface area (Å²) in [5.74, 6) is -0.890. The van der Waals surface area contributed by atoms with Gasteiger partial charge in [0.15, 0.2) is 0 Å². The summed E-state index contributed by atoms with van der Waals surface area (Å²) in [7, 11) is 0. The molecule has 2 unspecified atom stereocenters. The van der Waals surface area contributed by atoms with Gasteiger partial charge in [-0.2, -0.15) is 0 Å². The number of carboxylic acid groups (broad SMARTS) is 1. The zero-order valence-electron chi connectivity index (χ0n) is 9.31. The molecule has 0 saturated heterocycles. The molecule has 0 aliphatic heterocycles. The third kappa shape index (κ3) is 1.90. The van der Waals surface area contributed by atoms with Gasteiger partial charge in [0, 0.05) is 0 Å². The van der Waals surface area contributed by atoms with E-state index in [9.17, 15) is 9.90 Å². The maximum absolute atomic E-state index is 11.0. The number of hydrogen-bond acceptors (Lipinski definition) is 2. The van der Waals surface area contributed by atoms with E-state index in [0.717, 1.165) is 24.8 Å². The monoisotopic (exact) mass is 220 g/mol. The number of benzene rings is 1. The highest BCUT2D eigenvalue weighted by atomic mass is 16.4. The van der Waals surface area contributed by atoms with E-state index in [1.165, 1.54) is 5.56 Å². The van der Waals surface area contributed by atoms with Gasteiger partial charge in [0.1, 0.15) is 5.75 Å². The van der Waals surface area contributed by atoms with Gasteiger partial charge in [0.2, 0.25) is 0 Å². The van der Waals surface area contributed by atoms with Gasteiger partial charge >= 0.3 is 5.97 Å². The SMILES string of the molecule is CC(C(=O)O)C1CCCc2ccc(O)cc21. The average Bonchev–Trinajstić information content (AvgIpc) is 2.27. The molecular weight excluding hydrogens is 204 g/mol. The summed E-state index contributed by atoms with van der Waals surface area (Å²) < 4.78 is 0. The predicted molar refractivity (Wildman–Crippen MR) is 60.6 cm³/mol. The van der Waals surface area contributed by atoms with E-state index in [4.69, 9.17) is 5.11 Å². The fraction of sp³-hybridized carbons (Fsp3) is 0.462. The second kappa shape index (κ2) is 4.16. The Bertz CT molecular complexity index is 412. The van der Waals surface area contributed by atoms with Crippen LogP contribution in [0.3, 0.4) is 0 Å². The lowest BCUT2D eigenvalue weighted by Crippen LogP contribution is -2.22. The maximum atomic E-state index is 11.0. The van der Waals surface area contributed by atoms with Crippen LogP contribution in [-0.2, 0) is 11.2 Å². The van der Waals surface area contributed by atoms with E-state index < -0.39 is 5.97 Å².